The highest BCUT2D eigenvalue weighted by Crippen LogP contribution is 2.33. The van der Waals surface area contributed by atoms with Crippen molar-refractivity contribution >= 4 is 38.7 Å². The van der Waals surface area contributed by atoms with Crippen LogP contribution >= 0.6 is 0 Å². The first-order valence-corrected chi connectivity index (χ1v) is 12.0. The van der Waals surface area contributed by atoms with Crippen molar-refractivity contribution in [2.45, 2.75) is 13.0 Å². The van der Waals surface area contributed by atoms with Crippen LogP contribution in [-0.2, 0) is 0 Å². The molecule has 8 heteroatoms. The lowest BCUT2D eigenvalue weighted by Gasteiger charge is -2.39. The number of imidazole rings is 2. The van der Waals surface area contributed by atoms with Crippen LogP contribution in [0.3, 0.4) is 0 Å². The van der Waals surface area contributed by atoms with Crippen LogP contribution < -0.4 is 4.90 Å². The molecule has 174 valence electrons. The van der Waals surface area contributed by atoms with Gasteiger partial charge in [-0.15, -0.1) is 0 Å². The molecule has 4 heterocycles. The lowest BCUT2D eigenvalue weighted by atomic mass is 10.1. The molecule has 1 saturated heterocycles. The highest BCUT2D eigenvalue weighted by Gasteiger charge is 2.22. The predicted molar refractivity (Wildman–Crippen MR) is 141 cm³/mol. The molecule has 3 N–H and O–H groups in total. The van der Waals surface area contributed by atoms with Gasteiger partial charge in [0.2, 0.25) is 0 Å². The second-order valence-electron chi connectivity index (χ2n) is 9.49. The van der Waals surface area contributed by atoms with Gasteiger partial charge in [-0.1, -0.05) is 24.3 Å². The van der Waals surface area contributed by atoms with Gasteiger partial charge >= 0.3 is 0 Å². The summed E-state index contributed by atoms with van der Waals surface area (Å²) in [5.41, 5.74) is 7.87. The largest absolute Gasteiger partial charge is 0.366 e. The highest BCUT2D eigenvalue weighted by atomic mass is 15.3. The number of hydrogen-bond donors (Lipinski definition) is 3. The lowest BCUT2D eigenvalue weighted by molar-refractivity contribution is 0.275. The third kappa shape index (κ3) is 3.29. The molecule has 1 aliphatic heterocycles. The van der Waals surface area contributed by atoms with E-state index in [4.69, 9.17) is 9.97 Å². The predicted octanol–water partition coefficient (Wildman–Crippen LogP) is 4.79. The zero-order chi connectivity index (χ0) is 23.5. The molecule has 35 heavy (non-hydrogen) atoms. The molecule has 0 amide bonds. The van der Waals surface area contributed by atoms with Crippen molar-refractivity contribution in [3.63, 3.8) is 0 Å². The number of likely N-dealkylation sites (N-methyl/N-ethyl adjacent to an activating group) is 1. The van der Waals surface area contributed by atoms with Crippen LogP contribution in [0.25, 0.3) is 55.9 Å². The molecule has 1 atom stereocenters. The van der Waals surface area contributed by atoms with Crippen molar-refractivity contribution in [2.75, 3.05) is 31.6 Å². The summed E-state index contributed by atoms with van der Waals surface area (Å²) < 4.78 is 0. The van der Waals surface area contributed by atoms with E-state index in [9.17, 15) is 0 Å². The zero-order valence-electron chi connectivity index (χ0n) is 19.7. The minimum Gasteiger partial charge on any atom is -0.366 e. The molecule has 6 aromatic rings. The molecule has 0 saturated carbocycles. The van der Waals surface area contributed by atoms with Gasteiger partial charge in [0.15, 0.2) is 5.82 Å². The normalized spacial score (nSPS) is 17.2. The Kier molecular flexibility index (Phi) is 4.44. The van der Waals surface area contributed by atoms with Gasteiger partial charge in [0, 0.05) is 42.3 Å². The second-order valence-corrected chi connectivity index (χ2v) is 9.49. The van der Waals surface area contributed by atoms with Gasteiger partial charge in [-0.25, -0.2) is 9.97 Å². The quantitative estimate of drug-likeness (QED) is 0.352. The van der Waals surface area contributed by atoms with Gasteiger partial charge < -0.3 is 19.8 Å². The first kappa shape index (κ1) is 20.2. The second kappa shape index (κ2) is 7.68. The van der Waals surface area contributed by atoms with Crippen molar-refractivity contribution in [2.24, 2.45) is 0 Å². The van der Waals surface area contributed by atoms with Crippen LogP contribution in [-0.4, -0.2) is 67.8 Å². The maximum atomic E-state index is 4.91. The highest BCUT2D eigenvalue weighted by molar-refractivity contribution is 6.01. The number of rotatable bonds is 3. The lowest BCUT2D eigenvalue weighted by Crippen LogP contribution is -2.50. The molecule has 1 fully saturated rings. The number of piperazine rings is 1. The summed E-state index contributed by atoms with van der Waals surface area (Å²) in [5.74, 6) is 1.60. The van der Waals surface area contributed by atoms with E-state index in [1.807, 2.05) is 30.3 Å². The zero-order valence-corrected chi connectivity index (χ0v) is 19.7. The average molecular weight is 463 g/mol. The smallest absolute Gasteiger partial charge is 0.157 e. The Morgan fingerprint density at radius 2 is 1.69 bits per heavy atom. The van der Waals surface area contributed by atoms with Crippen molar-refractivity contribution in [3.8, 4) is 22.9 Å². The number of H-pyrrole nitrogens is 3. The molecule has 0 aliphatic carbocycles. The Morgan fingerprint density at radius 1 is 0.857 bits per heavy atom. The van der Waals surface area contributed by atoms with Crippen molar-refractivity contribution in [3.05, 3.63) is 60.7 Å². The van der Waals surface area contributed by atoms with E-state index in [0.29, 0.717) is 6.04 Å². The number of hydrogen-bond acceptors (Lipinski definition) is 5. The van der Waals surface area contributed by atoms with E-state index >= 15 is 0 Å². The first-order valence-electron chi connectivity index (χ1n) is 12.0. The average Bonchev–Trinajstić information content (AvgIpc) is 3.59. The molecule has 8 nitrogen and oxygen atoms in total. The van der Waals surface area contributed by atoms with Crippen molar-refractivity contribution in [1.29, 1.82) is 0 Å². The fourth-order valence-corrected chi connectivity index (χ4v) is 5.31. The monoisotopic (exact) mass is 462 g/mol. The Balaban J connectivity index is 1.28. The maximum Gasteiger partial charge on any atom is 0.157 e. The van der Waals surface area contributed by atoms with E-state index in [1.165, 1.54) is 5.69 Å². The molecule has 1 unspecified atom stereocenters. The Morgan fingerprint density at radius 3 is 2.57 bits per heavy atom. The minimum atomic E-state index is 0.475. The van der Waals surface area contributed by atoms with Crippen LogP contribution in [0.15, 0.2) is 60.7 Å². The number of benzene rings is 3. The van der Waals surface area contributed by atoms with E-state index in [-0.39, 0.29) is 0 Å². The van der Waals surface area contributed by atoms with E-state index in [0.717, 1.165) is 75.5 Å². The maximum absolute atomic E-state index is 4.91. The third-order valence-electron chi connectivity index (χ3n) is 7.09. The SMILES string of the molecule is CC1CN(C)CCN1c1ccc2nc(-c3cccc4c(-c5nc6ccccc6[nH]5)[nH]nc34)[nH]c2c1. The molecule has 3 aromatic carbocycles. The molecule has 1 aliphatic rings. The third-order valence-corrected chi connectivity index (χ3v) is 7.09. The Bertz CT molecular complexity index is 1660. The van der Waals surface area contributed by atoms with E-state index in [2.05, 4.69) is 74.3 Å². The fourth-order valence-electron chi connectivity index (χ4n) is 5.31. The van der Waals surface area contributed by atoms with Crippen LogP contribution in [0.1, 0.15) is 6.92 Å². The van der Waals surface area contributed by atoms with Crippen molar-refractivity contribution in [1.82, 2.24) is 35.0 Å². The van der Waals surface area contributed by atoms with E-state index < -0.39 is 0 Å². The van der Waals surface area contributed by atoms with Gasteiger partial charge in [-0.05, 0) is 50.4 Å². The number of nitrogens with zero attached hydrogens (tertiary/aromatic N) is 5. The summed E-state index contributed by atoms with van der Waals surface area (Å²) in [6.07, 6.45) is 0. The summed E-state index contributed by atoms with van der Waals surface area (Å²) in [7, 11) is 2.19. The molecule has 0 spiro atoms. The van der Waals surface area contributed by atoms with Gasteiger partial charge in [0.05, 0.1) is 22.1 Å². The van der Waals surface area contributed by atoms with Gasteiger partial charge in [0.25, 0.3) is 0 Å². The summed E-state index contributed by atoms with van der Waals surface area (Å²) in [6, 6.07) is 21.2. The summed E-state index contributed by atoms with van der Waals surface area (Å²) >= 11 is 0. The summed E-state index contributed by atoms with van der Waals surface area (Å²) in [5, 5.41) is 8.87. The molecular formula is C27H26N8. The van der Waals surface area contributed by atoms with Crippen LogP contribution in [0, 0.1) is 0 Å². The van der Waals surface area contributed by atoms with Crippen LogP contribution in [0.2, 0.25) is 0 Å². The molecule has 0 bridgehead atoms. The number of para-hydroxylation sites is 3. The number of nitrogens with one attached hydrogen (secondary N) is 3. The fraction of sp³-hybridized carbons (Fsp3) is 0.222. The van der Waals surface area contributed by atoms with Crippen LogP contribution in [0.5, 0.6) is 0 Å². The number of anilines is 1. The van der Waals surface area contributed by atoms with Crippen molar-refractivity contribution < 1.29 is 0 Å². The van der Waals surface area contributed by atoms with Crippen LogP contribution in [0.4, 0.5) is 5.69 Å². The number of aromatic nitrogens is 6. The van der Waals surface area contributed by atoms with Gasteiger partial charge in [0.1, 0.15) is 17.0 Å². The summed E-state index contributed by atoms with van der Waals surface area (Å²) in [6.45, 7) is 5.46. The van der Waals surface area contributed by atoms with Gasteiger partial charge in [-0.2, -0.15) is 5.10 Å². The molecule has 3 aromatic heterocycles. The molecular weight excluding hydrogens is 436 g/mol. The Hall–Kier alpha value is -4.17. The standard InChI is InChI=1S/C27H26N8/c1-16-15-34(2)12-13-35(16)17-10-11-22-23(14-17)31-26(28-22)19-7-5-6-18-24(19)32-33-25(18)27-29-20-8-3-4-9-21(20)30-27/h3-11,14,16H,12-13,15H2,1-2H3,(H,28,31)(H,29,30)(H,32,33). The van der Waals surface area contributed by atoms with Gasteiger partial charge in [-0.3, -0.25) is 5.10 Å². The summed E-state index contributed by atoms with van der Waals surface area (Å²) in [4.78, 5) is 21.5. The number of fused-ring (bicyclic) bond motifs is 3. The first-order chi connectivity index (χ1) is 17.1. The number of aromatic amines is 3. The topological polar surface area (TPSA) is 92.5 Å². The van der Waals surface area contributed by atoms with E-state index in [1.54, 1.807) is 0 Å². The Labute approximate surface area is 202 Å². The molecule has 7 rings (SSSR count). The molecule has 0 radical (unpaired) electrons. The minimum absolute atomic E-state index is 0.475.